The number of benzene rings is 2. The first kappa shape index (κ1) is 21.1. The maximum absolute atomic E-state index is 14.2. The van der Waals surface area contributed by atoms with E-state index >= 15 is 0 Å². The quantitative estimate of drug-likeness (QED) is 0.790. The minimum Gasteiger partial charge on any atom is -0.374 e. The van der Waals surface area contributed by atoms with Gasteiger partial charge in [0.1, 0.15) is 5.82 Å². The van der Waals surface area contributed by atoms with Crippen molar-refractivity contribution >= 4 is 23.2 Å². The number of carbonyl (C=O) groups is 1. The average Bonchev–Trinajstić information content (AvgIpc) is 3.09. The summed E-state index contributed by atoms with van der Waals surface area (Å²) >= 11 is 6.08. The molecule has 30 heavy (non-hydrogen) atoms. The zero-order chi connectivity index (χ0) is 21.3. The van der Waals surface area contributed by atoms with Gasteiger partial charge in [0, 0.05) is 52.0 Å². The Morgan fingerprint density at radius 1 is 1.13 bits per heavy atom. The molecule has 7 heteroatoms. The van der Waals surface area contributed by atoms with E-state index < -0.39 is 11.7 Å². The minimum absolute atomic E-state index is 0.0319. The van der Waals surface area contributed by atoms with E-state index in [4.69, 9.17) is 11.6 Å². The van der Waals surface area contributed by atoms with Crippen LogP contribution in [0.4, 0.5) is 10.1 Å². The summed E-state index contributed by atoms with van der Waals surface area (Å²) in [6.45, 7) is 5.25. The maximum Gasteiger partial charge on any atom is 0.255 e. The molecule has 0 radical (unpaired) electrons. The smallest absolute Gasteiger partial charge is 0.255 e. The number of likely N-dealkylation sites (N-methyl/N-ethyl adjacent to an activating group) is 2. The lowest BCUT2D eigenvalue weighted by atomic mass is 10.00. The number of nitrogens with one attached hydrogen (secondary N) is 1. The number of hydrogen-bond donors (Lipinski definition) is 1. The lowest BCUT2D eigenvalue weighted by Gasteiger charge is -2.38. The van der Waals surface area contributed by atoms with E-state index in [1.165, 1.54) is 35.0 Å². The van der Waals surface area contributed by atoms with E-state index in [0.29, 0.717) is 6.54 Å². The van der Waals surface area contributed by atoms with Gasteiger partial charge in [-0.15, -0.1) is 0 Å². The molecule has 4 rings (SSSR count). The van der Waals surface area contributed by atoms with Crippen LogP contribution in [-0.4, -0.2) is 69.1 Å². The molecule has 1 atom stereocenters. The summed E-state index contributed by atoms with van der Waals surface area (Å²) in [5.74, 6) is -1.07. The SMILES string of the molecule is CN1CCN([C@@H](CNC(=O)c2c(F)cccc2Cl)c2ccc3c(c2)CCN3C)CC1. The van der Waals surface area contributed by atoms with Crippen LogP contribution in [0.1, 0.15) is 27.5 Å². The van der Waals surface area contributed by atoms with Crippen molar-refractivity contribution in [2.24, 2.45) is 0 Å². The van der Waals surface area contributed by atoms with Gasteiger partial charge >= 0.3 is 0 Å². The highest BCUT2D eigenvalue weighted by molar-refractivity contribution is 6.33. The Labute approximate surface area is 182 Å². The summed E-state index contributed by atoms with van der Waals surface area (Å²) in [5.41, 5.74) is 3.72. The highest BCUT2D eigenvalue weighted by atomic mass is 35.5. The molecule has 2 heterocycles. The number of nitrogens with zero attached hydrogens (tertiary/aromatic N) is 3. The molecule has 2 aliphatic rings. The Morgan fingerprint density at radius 2 is 1.90 bits per heavy atom. The fourth-order valence-corrected chi connectivity index (χ4v) is 4.63. The van der Waals surface area contributed by atoms with Crippen molar-refractivity contribution in [3.05, 3.63) is 63.9 Å². The largest absolute Gasteiger partial charge is 0.374 e. The van der Waals surface area contributed by atoms with Crippen LogP contribution in [-0.2, 0) is 6.42 Å². The Hall–Kier alpha value is -2.15. The second kappa shape index (κ2) is 8.92. The minimum atomic E-state index is -0.600. The number of amides is 1. The fourth-order valence-electron chi connectivity index (χ4n) is 4.38. The van der Waals surface area contributed by atoms with Crippen molar-refractivity contribution in [1.82, 2.24) is 15.1 Å². The molecule has 1 fully saturated rings. The molecule has 0 saturated carbocycles. The van der Waals surface area contributed by atoms with Crippen molar-refractivity contribution < 1.29 is 9.18 Å². The van der Waals surface area contributed by atoms with Crippen molar-refractivity contribution in [1.29, 1.82) is 0 Å². The molecule has 0 unspecified atom stereocenters. The number of carbonyl (C=O) groups excluding carboxylic acids is 1. The van der Waals surface area contributed by atoms with Crippen LogP contribution in [0, 0.1) is 5.82 Å². The van der Waals surface area contributed by atoms with Crippen LogP contribution < -0.4 is 10.2 Å². The molecule has 1 saturated heterocycles. The Bertz CT molecular complexity index is 909. The standard InChI is InChI=1S/C23H28ClFN4O/c1-27-10-12-29(13-11-27)21(16-6-7-20-17(14-16)8-9-28(20)2)15-26-23(30)22-18(24)4-3-5-19(22)25/h3-7,14,21H,8-13,15H2,1-2H3,(H,26,30)/t21-/m0/s1. The topological polar surface area (TPSA) is 38.8 Å². The lowest BCUT2D eigenvalue weighted by Crippen LogP contribution is -2.48. The summed E-state index contributed by atoms with van der Waals surface area (Å²) in [4.78, 5) is 19.7. The van der Waals surface area contributed by atoms with Crippen molar-refractivity contribution in [2.45, 2.75) is 12.5 Å². The molecular formula is C23H28ClFN4O. The second-order valence-corrected chi connectivity index (χ2v) is 8.63. The third-order valence-corrected chi connectivity index (χ3v) is 6.56. The van der Waals surface area contributed by atoms with Gasteiger partial charge in [0.15, 0.2) is 0 Å². The molecule has 2 aliphatic heterocycles. The van der Waals surface area contributed by atoms with Crippen LogP contribution >= 0.6 is 11.6 Å². The average molecular weight is 431 g/mol. The molecule has 2 aromatic rings. The molecule has 1 N–H and O–H groups in total. The number of anilines is 1. The van der Waals surface area contributed by atoms with E-state index in [0.717, 1.165) is 39.1 Å². The third-order valence-electron chi connectivity index (χ3n) is 6.24. The number of piperazine rings is 1. The zero-order valence-corrected chi connectivity index (χ0v) is 18.3. The molecule has 0 bridgehead atoms. The van der Waals surface area contributed by atoms with Gasteiger partial charge in [-0.1, -0.05) is 29.8 Å². The fraction of sp³-hybridized carbons (Fsp3) is 0.435. The van der Waals surface area contributed by atoms with Gasteiger partial charge in [-0.2, -0.15) is 0 Å². The Balaban J connectivity index is 1.56. The van der Waals surface area contributed by atoms with Crippen LogP contribution in [0.25, 0.3) is 0 Å². The Morgan fingerprint density at radius 3 is 2.63 bits per heavy atom. The summed E-state index contributed by atoms with van der Waals surface area (Å²) in [5, 5.41) is 3.06. The van der Waals surface area contributed by atoms with Gasteiger partial charge in [-0.25, -0.2) is 4.39 Å². The van der Waals surface area contributed by atoms with Gasteiger partial charge in [-0.3, -0.25) is 9.69 Å². The van der Waals surface area contributed by atoms with Gasteiger partial charge in [0.05, 0.1) is 16.6 Å². The number of fused-ring (bicyclic) bond motifs is 1. The van der Waals surface area contributed by atoms with E-state index in [9.17, 15) is 9.18 Å². The van der Waals surface area contributed by atoms with Crippen LogP contribution in [0.15, 0.2) is 36.4 Å². The van der Waals surface area contributed by atoms with Crippen molar-refractivity contribution in [2.75, 3.05) is 58.3 Å². The number of halogens is 2. The number of hydrogen-bond acceptors (Lipinski definition) is 4. The highest BCUT2D eigenvalue weighted by Gasteiger charge is 2.27. The van der Waals surface area contributed by atoms with Crippen molar-refractivity contribution in [3.8, 4) is 0 Å². The third kappa shape index (κ3) is 4.31. The maximum atomic E-state index is 14.2. The monoisotopic (exact) mass is 430 g/mol. The van der Waals surface area contributed by atoms with E-state index in [1.807, 2.05) is 0 Å². The summed E-state index contributed by atoms with van der Waals surface area (Å²) < 4.78 is 14.2. The zero-order valence-electron chi connectivity index (χ0n) is 17.5. The molecule has 1 amide bonds. The first-order valence-electron chi connectivity index (χ1n) is 10.4. The molecule has 0 aliphatic carbocycles. The molecule has 0 aromatic heterocycles. The second-order valence-electron chi connectivity index (χ2n) is 8.22. The van der Waals surface area contributed by atoms with Gasteiger partial charge in [0.2, 0.25) is 0 Å². The molecule has 5 nitrogen and oxygen atoms in total. The summed E-state index contributed by atoms with van der Waals surface area (Å²) in [7, 11) is 4.24. The van der Waals surface area contributed by atoms with Crippen molar-refractivity contribution in [3.63, 3.8) is 0 Å². The molecule has 0 spiro atoms. The number of rotatable bonds is 5. The van der Waals surface area contributed by atoms with Gasteiger partial charge in [-0.05, 0) is 42.8 Å². The van der Waals surface area contributed by atoms with Gasteiger partial charge in [0.25, 0.3) is 5.91 Å². The van der Waals surface area contributed by atoms with Crippen LogP contribution in [0.2, 0.25) is 5.02 Å². The van der Waals surface area contributed by atoms with E-state index in [2.05, 4.69) is 52.3 Å². The molecule has 2 aromatic carbocycles. The van der Waals surface area contributed by atoms with E-state index in [1.54, 1.807) is 0 Å². The predicted molar refractivity (Wildman–Crippen MR) is 119 cm³/mol. The summed E-state index contributed by atoms with van der Waals surface area (Å²) in [6.07, 6.45) is 1.03. The van der Waals surface area contributed by atoms with Gasteiger partial charge < -0.3 is 15.1 Å². The first-order valence-corrected chi connectivity index (χ1v) is 10.8. The lowest BCUT2D eigenvalue weighted by molar-refractivity contribution is 0.0883. The summed E-state index contributed by atoms with van der Waals surface area (Å²) in [6, 6.07) is 10.9. The van der Waals surface area contributed by atoms with Crippen LogP contribution in [0.3, 0.4) is 0 Å². The Kier molecular flexibility index (Phi) is 6.27. The normalized spacial score (nSPS) is 18.3. The molecule has 160 valence electrons. The first-order chi connectivity index (χ1) is 14.4. The highest BCUT2D eigenvalue weighted by Crippen LogP contribution is 2.31. The predicted octanol–water partition coefficient (Wildman–Crippen LogP) is 3.19. The van der Waals surface area contributed by atoms with Crippen LogP contribution in [0.5, 0.6) is 0 Å². The van der Waals surface area contributed by atoms with E-state index in [-0.39, 0.29) is 16.6 Å². The molecular weight excluding hydrogens is 403 g/mol.